The van der Waals surface area contributed by atoms with Crippen LogP contribution in [0.4, 0.5) is 8.78 Å². The normalized spacial score (nSPS) is 16.9. The van der Waals surface area contributed by atoms with Crippen LogP contribution in [-0.2, 0) is 10.2 Å². The van der Waals surface area contributed by atoms with Gasteiger partial charge >= 0.3 is 5.97 Å². The Kier molecular flexibility index (Phi) is 2.33. The molecule has 0 aromatic heterocycles. The molecule has 86 valence electrons. The molecule has 0 saturated heterocycles. The van der Waals surface area contributed by atoms with Gasteiger partial charge in [0.15, 0.2) is 11.6 Å². The highest BCUT2D eigenvalue weighted by Gasteiger charge is 2.54. The number of hydrogen-bond acceptors (Lipinski definition) is 2. The molecular formula is C11H10F2O3. The van der Waals surface area contributed by atoms with Gasteiger partial charge in [-0.3, -0.25) is 4.79 Å². The Bertz CT molecular complexity index is 453. The quantitative estimate of drug-likeness (QED) is 0.861. The van der Waals surface area contributed by atoms with Crippen molar-refractivity contribution in [1.82, 2.24) is 0 Å². The van der Waals surface area contributed by atoms with Crippen LogP contribution in [0.2, 0.25) is 0 Å². The van der Waals surface area contributed by atoms with E-state index in [0.29, 0.717) is 12.8 Å². The zero-order valence-corrected chi connectivity index (χ0v) is 8.59. The predicted molar refractivity (Wildman–Crippen MR) is 51.5 cm³/mol. The zero-order chi connectivity index (χ0) is 11.9. The fourth-order valence-corrected chi connectivity index (χ4v) is 1.83. The molecule has 0 radical (unpaired) electrons. The Hall–Kier alpha value is -1.65. The van der Waals surface area contributed by atoms with Crippen LogP contribution in [0.25, 0.3) is 0 Å². The molecule has 1 N–H and O–H groups in total. The fraction of sp³-hybridized carbons (Fsp3) is 0.364. The number of ether oxygens (including phenoxy) is 1. The van der Waals surface area contributed by atoms with Crippen molar-refractivity contribution in [3.63, 3.8) is 0 Å². The predicted octanol–water partition coefficient (Wildman–Crippen LogP) is 2.09. The summed E-state index contributed by atoms with van der Waals surface area (Å²) in [7, 11) is 1.19. The summed E-state index contributed by atoms with van der Waals surface area (Å²) in [6.45, 7) is 0. The van der Waals surface area contributed by atoms with Crippen molar-refractivity contribution in [3.8, 4) is 5.75 Å². The van der Waals surface area contributed by atoms with Gasteiger partial charge in [-0.05, 0) is 18.9 Å². The van der Waals surface area contributed by atoms with Gasteiger partial charge in [0.25, 0.3) is 0 Å². The van der Waals surface area contributed by atoms with E-state index in [4.69, 9.17) is 9.84 Å². The Morgan fingerprint density at radius 3 is 2.50 bits per heavy atom. The van der Waals surface area contributed by atoms with E-state index in [1.54, 1.807) is 0 Å². The summed E-state index contributed by atoms with van der Waals surface area (Å²) in [5.74, 6) is -3.51. The number of hydrogen-bond donors (Lipinski definition) is 1. The second-order valence-electron chi connectivity index (χ2n) is 3.83. The lowest BCUT2D eigenvalue weighted by Crippen LogP contribution is -2.21. The molecule has 1 fully saturated rings. The van der Waals surface area contributed by atoms with Crippen LogP contribution in [0.5, 0.6) is 5.75 Å². The maximum atomic E-state index is 13.4. The van der Waals surface area contributed by atoms with Crippen molar-refractivity contribution in [2.45, 2.75) is 18.3 Å². The van der Waals surface area contributed by atoms with Crippen LogP contribution in [0.1, 0.15) is 18.4 Å². The number of carboxylic acid groups (broad SMARTS) is 1. The number of carbonyl (C=O) groups is 1. The van der Waals surface area contributed by atoms with E-state index in [1.807, 2.05) is 0 Å². The number of carboxylic acids is 1. The maximum absolute atomic E-state index is 13.4. The first-order chi connectivity index (χ1) is 7.53. The van der Waals surface area contributed by atoms with Crippen molar-refractivity contribution in [1.29, 1.82) is 0 Å². The smallest absolute Gasteiger partial charge is 0.314 e. The SMILES string of the molecule is COc1c(C2(C(=O)O)CC2)ccc(F)c1F. The van der Waals surface area contributed by atoms with Crippen molar-refractivity contribution >= 4 is 5.97 Å². The molecule has 5 heteroatoms. The average molecular weight is 228 g/mol. The third-order valence-corrected chi connectivity index (χ3v) is 2.93. The second kappa shape index (κ2) is 3.43. The standard InChI is InChI=1S/C11H10F2O3/c1-16-9-6(2-3-7(12)8(9)13)11(4-5-11)10(14)15/h2-3H,4-5H2,1H3,(H,14,15). The lowest BCUT2D eigenvalue weighted by Gasteiger charge is -2.15. The number of methoxy groups -OCH3 is 1. The summed E-state index contributed by atoms with van der Waals surface area (Å²) in [4.78, 5) is 11.1. The Balaban J connectivity index is 2.58. The summed E-state index contributed by atoms with van der Waals surface area (Å²) in [5, 5.41) is 9.07. The van der Waals surface area contributed by atoms with E-state index in [2.05, 4.69) is 0 Å². The lowest BCUT2D eigenvalue weighted by atomic mass is 9.95. The molecule has 1 aromatic carbocycles. The zero-order valence-electron chi connectivity index (χ0n) is 8.59. The minimum absolute atomic E-state index is 0.210. The molecule has 1 aromatic rings. The van der Waals surface area contributed by atoms with E-state index in [0.717, 1.165) is 6.07 Å². The summed E-state index contributed by atoms with van der Waals surface area (Å²) < 4.78 is 31.1. The lowest BCUT2D eigenvalue weighted by molar-refractivity contribution is -0.140. The minimum atomic E-state index is -1.13. The van der Waals surface area contributed by atoms with Crippen LogP contribution in [0.15, 0.2) is 12.1 Å². The molecule has 0 unspecified atom stereocenters. The first kappa shape index (κ1) is 10.9. The highest BCUT2D eigenvalue weighted by atomic mass is 19.2. The summed E-state index contributed by atoms with van der Waals surface area (Å²) in [6.07, 6.45) is 0.841. The minimum Gasteiger partial charge on any atom is -0.493 e. The van der Waals surface area contributed by atoms with Crippen LogP contribution in [0, 0.1) is 11.6 Å². The Morgan fingerprint density at radius 1 is 1.44 bits per heavy atom. The van der Waals surface area contributed by atoms with Gasteiger partial charge < -0.3 is 9.84 Å². The number of halogens is 2. The van der Waals surface area contributed by atoms with Crippen molar-refractivity contribution in [2.24, 2.45) is 0 Å². The number of rotatable bonds is 3. The van der Waals surface area contributed by atoms with Gasteiger partial charge in [0.2, 0.25) is 5.82 Å². The van der Waals surface area contributed by atoms with E-state index in [-0.39, 0.29) is 11.3 Å². The van der Waals surface area contributed by atoms with E-state index in [9.17, 15) is 13.6 Å². The molecule has 16 heavy (non-hydrogen) atoms. The van der Waals surface area contributed by atoms with Crippen LogP contribution in [0.3, 0.4) is 0 Å². The molecule has 2 rings (SSSR count). The molecule has 0 amide bonds. The molecule has 3 nitrogen and oxygen atoms in total. The van der Waals surface area contributed by atoms with E-state index in [1.165, 1.54) is 13.2 Å². The third-order valence-electron chi connectivity index (χ3n) is 2.93. The van der Waals surface area contributed by atoms with Crippen molar-refractivity contribution in [3.05, 3.63) is 29.3 Å². The molecule has 0 heterocycles. The monoisotopic (exact) mass is 228 g/mol. The van der Waals surface area contributed by atoms with Gasteiger partial charge in [-0.2, -0.15) is 4.39 Å². The highest BCUT2D eigenvalue weighted by Crippen LogP contribution is 2.52. The second-order valence-corrected chi connectivity index (χ2v) is 3.83. The molecule has 0 aliphatic heterocycles. The maximum Gasteiger partial charge on any atom is 0.314 e. The Morgan fingerprint density at radius 2 is 2.06 bits per heavy atom. The van der Waals surface area contributed by atoms with E-state index < -0.39 is 23.0 Å². The molecule has 0 bridgehead atoms. The molecule has 1 aliphatic carbocycles. The van der Waals surface area contributed by atoms with Crippen LogP contribution < -0.4 is 4.74 Å². The Labute approximate surface area is 90.7 Å². The number of aliphatic carboxylic acids is 1. The highest BCUT2D eigenvalue weighted by molar-refractivity contribution is 5.86. The molecule has 0 spiro atoms. The van der Waals surface area contributed by atoms with Crippen LogP contribution >= 0.6 is 0 Å². The summed E-state index contributed by atoms with van der Waals surface area (Å²) in [6, 6.07) is 2.20. The van der Waals surface area contributed by atoms with Gasteiger partial charge in [-0.25, -0.2) is 4.39 Å². The molecule has 1 aliphatic rings. The first-order valence-electron chi connectivity index (χ1n) is 4.79. The van der Waals surface area contributed by atoms with Gasteiger partial charge in [0, 0.05) is 5.56 Å². The topological polar surface area (TPSA) is 46.5 Å². The molecule has 0 atom stereocenters. The van der Waals surface area contributed by atoms with Crippen molar-refractivity contribution < 1.29 is 23.4 Å². The molecular weight excluding hydrogens is 218 g/mol. The average Bonchev–Trinajstić information content (AvgIpc) is 3.02. The fourth-order valence-electron chi connectivity index (χ4n) is 1.83. The first-order valence-corrected chi connectivity index (χ1v) is 4.79. The van der Waals surface area contributed by atoms with Gasteiger partial charge in [0.05, 0.1) is 12.5 Å². The molecule has 1 saturated carbocycles. The van der Waals surface area contributed by atoms with Gasteiger partial charge in [-0.1, -0.05) is 6.07 Å². The van der Waals surface area contributed by atoms with Crippen LogP contribution in [-0.4, -0.2) is 18.2 Å². The number of benzene rings is 1. The van der Waals surface area contributed by atoms with Crippen molar-refractivity contribution in [2.75, 3.05) is 7.11 Å². The van der Waals surface area contributed by atoms with Gasteiger partial charge in [-0.15, -0.1) is 0 Å². The van der Waals surface area contributed by atoms with Gasteiger partial charge in [0.1, 0.15) is 0 Å². The largest absolute Gasteiger partial charge is 0.493 e. The summed E-state index contributed by atoms with van der Waals surface area (Å²) in [5.41, 5.74) is -0.888. The van der Waals surface area contributed by atoms with E-state index >= 15 is 0 Å². The summed E-state index contributed by atoms with van der Waals surface area (Å²) >= 11 is 0. The third kappa shape index (κ3) is 1.35.